The molecule has 0 atom stereocenters. The van der Waals surface area contributed by atoms with Crippen molar-refractivity contribution in [1.29, 1.82) is 0 Å². The normalized spacial score (nSPS) is 9.83. The molecule has 0 unspecified atom stereocenters. The molecule has 0 radical (unpaired) electrons. The Labute approximate surface area is 75.1 Å². The van der Waals surface area contributed by atoms with Crippen LogP contribution in [-0.4, -0.2) is 12.6 Å². The summed E-state index contributed by atoms with van der Waals surface area (Å²) >= 11 is 1.27. The minimum absolute atomic E-state index is 0.290. The number of esters is 1. The van der Waals surface area contributed by atoms with Gasteiger partial charge in [0.25, 0.3) is 0 Å². The van der Waals surface area contributed by atoms with Gasteiger partial charge in [-0.1, -0.05) is 0 Å². The molecule has 1 aromatic heterocycles. The van der Waals surface area contributed by atoms with Crippen molar-refractivity contribution in [2.24, 2.45) is 0 Å². The lowest BCUT2D eigenvalue weighted by Crippen LogP contribution is -2.01. The number of nitrogens with two attached hydrogens (primary N) is 1. The zero-order chi connectivity index (χ0) is 9.14. The van der Waals surface area contributed by atoms with E-state index in [1.54, 1.807) is 13.0 Å². The van der Waals surface area contributed by atoms with Crippen LogP contribution >= 0.6 is 11.3 Å². The predicted molar refractivity (Wildman–Crippen MR) is 49.4 cm³/mol. The molecule has 12 heavy (non-hydrogen) atoms. The van der Waals surface area contributed by atoms with Crippen LogP contribution < -0.4 is 5.73 Å². The molecule has 0 saturated heterocycles. The van der Waals surface area contributed by atoms with Gasteiger partial charge in [0, 0.05) is 0 Å². The number of ether oxygens (including phenoxy) is 1. The van der Waals surface area contributed by atoms with Crippen molar-refractivity contribution in [2.75, 3.05) is 12.3 Å². The molecular formula is C8H11NO2S. The Morgan fingerprint density at radius 2 is 2.42 bits per heavy atom. The van der Waals surface area contributed by atoms with Crippen LogP contribution in [0.4, 0.5) is 5.00 Å². The summed E-state index contributed by atoms with van der Waals surface area (Å²) in [6.45, 7) is 4.05. The monoisotopic (exact) mass is 185 g/mol. The number of rotatable bonds is 2. The highest BCUT2D eigenvalue weighted by Crippen LogP contribution is 2.24. The molecule has 3 nitrogen and oxygen atoms in total. The molecule has 1 aromatic rings. The fraction of sp³-hybridized carbons (Fsp3) is 0.375. The first-order chi connectivity index (χ1) is 5.65. The van der Waals surface area contributed by atoms with Gasteiger partial charge in [0.05, 0.1) is 11.6 Å². The van der Waals surface area contributed by atoms with E-state index in [1.807, 2.05) is 6.92 Å². The molecule has 0 aliphatic carbocycles. The van der Waals surface area contributed by atoms with Crippen LogP contribution in [0, 0.1) is 6.92 Å². The third-order valence-corrected chi connectivity index (χ3v) is 2.48. The first kappa shape index (κ1) is 9.06. The van der Waals surface area contributed by atoms with Crippen LogP contribution in [0.25, 0.3) is 0 Å². The fourth-order valence-electron chi connectivity index (χ4n) is 0.799. The van der Waals surface area contributed by atoms with Crippen LogP contribution in [-0.2, 0) is 4.74 Å². The lowest BCUT2D eigenvalue weighted by molar-refractivity contribution is 0.0532. The Morgan fingerprint density at radius 3 is 2.83 bits per heavy atom. The lowest BCUT2D eigenvalue weighted by atomic mass is 10.3. The summed E-state index contributed by atoms with van der Waals surface area (Å²) in [7, 11) is 0. The number of nitrogen functional groups attached to an aromatic ring is 1. The lowest BCUT2D eigenvalue weighted by Gasteiger charge is -1.95. The average Bonchev–Trinajstić information content (AvgIpc) is 2.33. The number of hydrogen-bond donors (Lipinski definition) is 1. The maximum absolute atomic E-state index is 11.1. The summed E-state index contributed by atoms with van der Waals surface area (Å²) in [5.41, 5.74) is 6.52. The molecule has 2 N–H and O–H groups in total. The Kier molecular flexibility index (Phi) is 2.70. The summed E-state index contributed by atoms with van der Waals surface area (Å²) in [4.78, 5) is 11.7. The number of carbonyl (C=O) groups is 1. The second-order valence-electron chi connectivity index (χ2n) is 2.38. The third-order valence-electron chi connectivity index (χ3n) is 1.43. The van der Waals surface area contributed by atoms with E-state index in [9.17, 15) is 4.79 Å². The topological polar surface area (TPSA) is 52.3 Å². The van der Waals surface area contributed by atoms with E-state index in [0.29, 0.717) is 16.5 Å². The molecule has 66 valence electrons. The zero-order valence-electron chi connectivity index (χ0n) is 7.09. The largest absolute Gasteiger partial charge is 0.462 e. The molecule has 0 aliphatic rings. The fourth-order valence-corrected chi connectivity index (χ4v) is 1.63. The van der Waals surface area contributed by atoms with Crippen LogP contribution in [0.15, 0.2) is 6.07 Å². The van der Waals surface area contributed by atoms with Gasteiger partial charge in [-0.25, -0.2) is 4.79 Å². The Bertz CT molecular complexity index is 274. The standard InChI is InChI=1S/C8H11NO2S/c1-3-11-8(10)6-4-5(2)7(9)12-6/h4H,3,9H2,1-2H3. The summed E-state index contributed by atoms with van der Waals surface area (Å²) in [5, 5.41) is 0.679. The molecule has 0 spiro atoms. The van der Waals surface area contributed by atoms with Gasteiger partial charge in [-0.3, -0.25) is 0 Å². The van der Waals surface area contributed by atoms with E-state index in [1.165, 1.54) is 11.3 Å². The second-order valence-corrected chi connectivity index (χ2v) is 3.46. The number of hydrogen-bond acceptors (Lipinski definition) is 4. The molecular weight excluding hydrogens is 174 g/mol. The summed E-state index contributed by atoms with van der Waals surface area (Å²) in [5.74, 6) is -0.290. The predicted octanol–water partition coefficient (Wildman–Crippen LogP) is 1.82. The van der Waals surface area contributed by atoms with E-state index < -0.39 is 0 Å². The highest BCUT2D eigenvalue weighted by Gasteiger charge is 2.10. The SMILES string of the molecule is CCOC(=O)c1cc(C)c(N)s1. The van der Waals surface area contributed by atoms with Crippen molar-refractivity contribution in [3.8, 4) is 0 Å². The minimum atomic E-state index is -0.290. The van der Waals surface area contributed by atoms with Gasteiger partial charge in [-0.05, 0) is 25.5 Å². The molecule has 0 bridgehead atoms. The van der Waals surface area contributed by atoms with Gasteiger partial charge >= 0.3 is 5.97 Å². The van der Waals surface area contributed by atoms with Crippen molar-refractivity contribution in [1.82, 2.24) is 0 Å². The molecule has 0 aliphatic heterocycles. The maximum atomic E-state index is 11.1. The zero-order valence-corrected chi connectivity index (χ0v) is 7.90. The Morgan fingerprint density at radius 1 is 1.75 bits per heavy atom. The molecule has 4 heteroatoms. The van der Waals surface area contributed by atoms with E-state index in [-0.39, 0.29) is 5.97 Å². The summed E-state index contributed by atoms with van der Waals surface area (Å²) in [6.07, 6.45) is 0. The highest BCUT2D eigenvalue weighted by molar-refractivity contribution is 7.17. The average molecular weight is 185 g/mol. The summed E-state index contributed by atoms with van der Waals surface area (Å²) < 4.78 is 4.81. The van der Waals surface area contributed by atoms with Crippen LogP contribution in [0.2, 0.25) is 0 Å². The molecule has 0 fully saturated rings. The number of thiophene rings is 1. The smallest absolute Gasteiger partial charge is 0.348 e. The molecule has 0 aromatic carbocycles. The summed E-state index contributed by atoms with van der Waals surface area (Å²) in [6, 6.07) is 1.75. The first-order valence-electron chi connectivity index (χ1n) is 3.68. The van der Waals surface area contributed by atoms with Crippen LogP contribution in [0.3, 0.4) is 0 Å². The van der Waals surface area contributed by atoms with Crippen LogP contribution in [0.5, 0.6) is 0 Å². The van der Waals surface area contributed by atoms with E-state index in [4.69, 9.17) is 10.5 Å². The second kappa shape index (κ2) is 3.58. The minimum Gasteiger partial charge on any atom is -0.462 e. The van der Waals surface area contributed by atoms with E-state index in [0.717, 1.165) is 5.56 Å². The van der Waals surface area contributed by atoms with Gasteiger partial charge in [-0.15, -0.1) is 11.3 Å². The van der Waals surface area contributed by atoms with E-state index in [2.05, 4.69) is 0 Å². The molecule has 1 heterocycles. The van der Waals surface area contributed by atoms with Gasteiger partial charge in [0.15, 0.2) is 0 Å². The first-order valence-corrected chi connectivity index (χ1v) is 4.49. The number of anilines is 1. The Hall–Kier alpha value is -1.03. The Balaban J connectivity index is 2.82. The van der Waals surface area contributed by atoms with Crippen molar-refractivity contribution < 1.29 is 9.53 Å². The quantitative estimate of drug-likeness (QED) is 0.715. The molecule has 0 amide bonds. The maximum Gasteiger partial charge on any atom is 0.348 e. The van der Waals surface area contributed by atoms with Crippen LogP contribution in [0.1, 0.15) is 22.2 Å². The van der Waals surface area contributed by atoms with Gasteiger partial charge < -0.3 is 10.5 Å². The van der Waals surface area contributed by atoms with Crippen molar-refractivity contribution in [3.63, 3.8) is 0 Å². The van der Waals surface area contributed by atoms with Gasteiger partial charge in [-0.2, -0.15) is 0 Å². The van der Waals surface area contributed by atoms with E-state index >= 15 is 0 Å². The van der Waals surface area contributed by atoms with Gasteiger partial charge in [0.1, 0.15) is 4.88 Å². The number of carbonyl (C=O) groups excluding carboxylic acids is 1. The number of aryl methyl sites for hydroxylation is 1. The van der Waals surface area contributed by atoms with Crippen molar-refractivity contribution in [2.45, 2.75) is 13.8 Å². The molecule has 1 rings (SSSR count). The highest BCUT2D eigenvalue weighted by atomic mass is 32.1. The van der Waals surface area contributed by atoms with Crippen molar-refractivity contribution >= 4 is 22.3 Å². The molecule has 0 saturated carbocycles. The van der Waals surface area contributed by atoms with Crippen molar-refractivity contribution in [3.05, 3.63) is 16.5 Å². The van der Waals surface area contributed by atoms with Gasteiger partial charge in [0.2, 0.25) is 0 Å². The third kappa shape index (κ3) is 1.76.